The van der Waals surface area contributed by atoms with Gasteiger partial charge >= 0.3 is 0 Å². The van der Waals surface area contributed by atoms with E-state index in [2.05, 4.69) is 40.0 Å². The number of nitrogens with zero attached hydrogens (tertiary/aromatic N) is 1. The predicted octanol–water partition coefficient (Wildman–Crippen LogP) is 6.57. The lowest BCUT2D eigenvalue weighted by molar-refractivity contribution is 0.0955. The van der Waals surface area contributed by atoms with E-state index in [0.717, 1.165) is 27.9 Å². The molecule has 1 N–H and O–H groups in total. The largest absolute Gasteiger partial charge is 0.494 e. The van der Waals surface area contributed by atoms with Crippen molar-refractivity contribution < 1.29 is 9.53 Å². The molecular formula is C24H31IN2O2. The number of hydrogen-bond donors (Lipinski definition) is 1. The van der Waals surface area contributed by atoms with Gasteiger partial charge in [-0.05, 0) is 71.0 Å². The zero-order chi connectivity index (χ0) is 20.7. The molecule has 0 fully saturated rings. The second-order valence-electron chi connectivity index (χ2n) is 7.10. The molecule has 0 aliphatic carbocycles. The smallest absolute Gasteiger partial charge is 0.271 e. The number of rotatable bonds is 13. The number of benzene rings is 2. The number of carbonyl (C=O) groups excluding carboxylic acids is 1. The van der Waals surface area contributed by atoms with Crippen LogP contribution in [0.3, 0.4) is 0 Å². The van der Waals surface area contributed by atoms with Crippen molar-refractivity contribution in [3.05, 3.63) is 63.2 Å². The van der Waals surface area contributed by atoms with Gasteiger partial charge in [-0.2, -0.15) is 5.10 Å². The van der Waals surface area contributed by atoms with Crippen LogP contribution in [-0.2, 0) is 0 Å². The molecule has 5 heteroatoms. The summed E-state index contributed by atoms with van der Waals surface area (Å²) in [7, 11) is 0. The van der Waals surface area contributed by atoms with Gasteiger partial charge < -0.3 is 4.74 Å². The van der Waals surface area contributed by atoms with Gasteiger partial charge in [-0.3, -0.25) is 4.79 Å². The van der Waals surface area contributed by atoms with E-state index in [1.165, 1.54) is 44.9 Å². The SMILES string of the molecule is CCCCCCCCCCOc1ccc(C(=O)N/N=C\c2cccc(I)c2)cc1. The summed E-state index contributed by atoms with van der Waals surface area (Å²) in [5.41, 5.74) is 4.06. The lowest BCUT2D eigenvalue weighted by Gasteiger charge is -2.07. The van der Waals surface area contributed by atoms with Gasteiger partial charge in [0.05, 0.1) is 12.8 Å². The summed E-state index contributed by atoms with van der Waals surface area (Å²) >= 11 is 2.24. The van der Waals surface area contributed by atoms with Crippen LogP contribution in [0, 0.1) is 3.57 Å². The molecule has 0 saturated heterocycles. The molecule has 2 rings (SSSR count). The minimum atomic E-state index is -0.235. The first-order valence-corrected chi connectivity index (χ1v) is 11.6. The van der Waals surface area contributed by atoms with E-state index in [9.17, 15) is 4.79 Å². The average molecular weight is 506 g/mol. The van der Waals surface area contributed by atoms with Crippen LogP contribution in [-0.4, -0.2) is 18.7 Å². The third kappa shape index (κ3) is 9.92. The van der Waals surface area contributed by atoms with Crippen LogP contribution >= 0.6 is 22.6 Å². The van der Waals surface area contributed by atoms with Crippen molar-refractivity contribution in [3.63, 3.8) is 0 Å². The summed E-state index contributed by atoms with van der Waals surface area (Å²) in [6.45, 7) is 2.97. The quantitative estimate of drug-likeness (QED) is 0.145. The van der Waals surface area contributed by atoms with Gasteiger partial charge in [-0.15, -0.1) is 0 Å². The van der Waals surface area contributed by atoms with Crippen LogP contribution in [0.1, 0.15) is 74.2 Å². The van der Waals surface area contributed by atoms with Crippen molar-refractivity contribution >= 4 is 34.7 Å². The maximum atomic E-state index is 12.2. The molecule has 0 spiro atoms. The fourth-order valence-corrected chi connectivity index (χ4v) is 3.51. The monoisotopic (exact) mass is 506 g/mol. The molecule has 2 aromatic rings. The molecule has 0 unspecified atom stereocenters. The molecule has 0 aliphatic heterocycles. The Morgan fingerprint density at radius 2 is 1.69 bits per heavy atom. The van der Waals surface area contributed by atoms with Crippen molar-refractivity contribution in [2.45, 2.75) is 58.3 Å². The molecule has 0 aromatic heterocycles. The molecule has 0 heterocycles. The number of halogens is 1. The van der Waals surface area contributed by atoms with Crippen molar-refractivity contribution in [2.75, 3.05) is 6.61 Å². The highest BCUT2D eigenvalue weighted by molar-refractivity contribution is 14.1. The second kappa shape index (κ2) is 14.1. The van der Waals surface area contributed by atoms with Crippen LogP contribution in [0.4, 0.5) is 0 Å². The Balaban J connectivity index is 1.64. The number of unbranched alkanes of at least 4 members (excludes halogenated alkanes) is 7. The number of amides is 1. The van der Waals surface area contributed by atoms with Crippen LogP contribution in [0.15, 0.2) is 53.6 Å². The maximum Gasteiger partial charge on any atom is 0.271 e. The topological polar surface area (TPSA) is 50.7 Å². The lowest BCUT2D eigenvalue weighted by Crippen LogP contribution is -2.17. The Bertz CT molecular complexity index is 760. The van der Waals surface area contributed by atoms with Crippen LogP contribution in [0.2, 0.25) is 0 Å². The van der Waals surface area contributed by atoms with Gasteiger partial charge in [-0.1, -0.05) is 64.0 Å². The van der Waals surface area contributed by atoms with Crippen molar-refractivity contribution in [1.29, 1.82) is 0 Å². The summed E-state index contributed by atoms with van der Waals surface area (Å²) < 4.78 is 6.90. The predicted molar refractivity (Wildman–Crippen MR) is 129 cm³/mol. The molecule has 0 bridgehead atoms. The van der Waals surface area contributed by atoms with Gasteiger partial charge in [0, 0.05) is 9.13 Å². The third-order valence-corrected chi connectivity index (χ3v) is 5.28. The van der Waals surface area contributed by atoms with Gasteiger partial charge in [-0.25, -0.2) is 5.43 Å². The highest BCUT2D eigenvalue weighted by atomic mass is 127. The zero-order valence-corrected chi connectivity index (χ0v) is 19.4. The average Bonchev–Trinajstić information content (AvgIpc) is 2.73. The number of nitrogens with one attached hydrogen (secondary N) is 1. The Hall–Kier alpha value is -1.89. The van der Waals surface area contributed by atoms with Crippen molar-refractivity contribution in [1.82, 2.24) is 5.43 Å². The van der Waals surface area contributed by atoms with E-state index in [4.69, 9.17) is 4.74 Å². The van der Waals surface area contributed by atoms with Gasteiger partial charge in [0.15, 0.2) is 0 Å². The molecule has 0 saturated carbocycles. The van der Waals surface area contributed by atoms with Crippen molar-refractivity contribution in [2.24, 2.45) is 5.10 Å². The molecule has 0 aliphatic rings. The number of ether oxygens (including phenoxy) is 1. The molecule has 156 valence electrons. The zero-order valence-electron chi connectivity index (χ0n) is 17.2. The Morgan fingerprint density at radius 1 is 1.00 bits per heavy atom. The second-order valence-corrected chi connectivity index (χ2v) is 8.35. The lowest BCUT2D eigenvalue weighted by atomic mass is 10.1. The summed E-state index contributed by atoms with van der Waals surface area (Å²) in [4.78, 5) is 12.2. The molecule has 29 heavy (non-hydrogen) atoms. The summed E-state index contributed by atoms with van der Waals surface area (Å²) in [5.74, 6) is 0.563. The van der Waals surface area contributed by atoms with Crippen molar-refractivity contribution in [3.8, 4) is 5.75 Å². The summed E-state index contributed by atoms with van der Waals surface area (Å²) in [6, 6.07) is 15.1. The first-order valence-electron chi connectivity index (χ1n) is 10.5. The number of hydrogen-bond acceptors (Lipinski definition) is 3. The van der Waals surface area contributed by atoms with E-state index in [0.29, 0.717) is 5.56 Å². The molecule has 2 aromatic carbocycles. The molecule has 4 nitrogen and oxygen atoms in total. The normalized spacial score (nSPS) is 11.0. The molecule has 0 radical (unpaired) electrons. The Morgan fingerprint density at radius 3 is 2.38 bits per heavy atom. The molecule has 1 amide bonds. The standard InChI is InChI=1S/C24H31IN2O2/c1-2-3-4-5-6-7-8-9-17-29-23-15-13-21(14-16-23)24(28)27-26-19-20-11-10-12-22(25)18-20/h10-16,18-19H,2-9,17H2,1H3,(H,27,28)/b26-19-. The van der Waals surface area contributed by atoms with Crippen LogP contribution in [0.5, 0.6) is 5.75 Å². The maximum absolute atomic E-state index is 12.2. The van der Waals surface area contributed by atoms with Gasteiger partial charge in [0.2, 0.25) is 0 Å². The first kappa shape index (κ1) is 23.4. The fourth-order valence-electron chi connectivity index (χ4n) is 2.95. The number of carbonyl (C=O) groups is 1. The highest BCUT2D eigenvalue weighted by Gasteiger charge is 2.04. The molecule has 0 atom stereocenters. The van der Waals surface area contributed by atoms with Crippen LogP contribution < -0.4 is 10.2 Å². The summed E-state index contributed by atoms with van der Waals surface area (Å²) in [6.07, 6.45) is 11.9. The first-order chi connectivity index (χ1) is 14.2. The molecular weight excluding hydrogens is 475 g/mol. The van der Waals surface area contributed by atoms with Crippen LogP contribution in [0.25, 0.3) is 0 Å². The Kier molecular flexibility index (Phi) is 11.4. The fraction of sp³-hybridized carbons (Fsp3) is 0.417. The minimum absolute atomic E-state index is 0.235. The van der Waals surface area contributed by atoms with Gasteiger partial charge in [0.1, 0.15) is 5.75 Å². The summed E-state index contributed by atoms with van der Waals surface area (Å²) in [5, 5.41) is 4.02. The van der Waals surface area contributed by atoms with E-state index in [1.807, 2.05) is 36.4 Å². The van der Waals surface area contributed by atoms with E-state index < -0.39 is 0 Å². The third-order valence-electron chi connectivity index (χ3n) is 4.61. The Labute approximate surface area is 188 Å². The minimum Gasteiger partial charge on any atom is -0.494 e. The van der Waals surface area contributed by atoms with E-state index in [-0.39, 0.29) is 5.91 Å². The van der Waals surface area contributed by atoms with E-state index >= 15 is 0 Å². The number of hydrazone groups is 1. The highest BCUT2D eigenvalue weighted by Crippen LogP contribution is 2.14. The van der Waals surface area contributed by atoms with Gasteiger partial charge in [0.25, 0.3) is 5.91 Å². The van der Waals surface area contributed by atoms with E-state index in [1.54, 1.807) is 18.3 Å².